The first-order valence-electron chi connectivity index (χ1n) is 8.14. The molecule has 7 nitrogen and oxygen atoms in total. The smallest absolute Gasteiger partial charge is 0.311 e. The summed E-state index contributed by atoms with van der Waals surface area (Å²) in [4.78, 5) is 21.2. The third-order valence-corrected chi connectivity index (χ3v) is 4.30. The van der Waals surface area contributed by atoms with Crippen molar-refractivity contribution in [2.45, 2.75) is 18.8 Å². The van der Waals surface area contributed by atoms with Crippen molar-refractivity contribution in [3.8, 4) is 11.5 Å². The number of nitrogens with zero attached hydrogens (tertiary/aromatic N) is 1. The molecular weight excluding hydrogens is 322 g/mol. The number of piperidine rings is 1. The third kappa shape index (κ3) is 4.13. The molecule has 1 aliphatic rings. The zero-order valence-electron chi connectivity index (χ0n) is 13.6. The second kappa shape index (κ2) is 7.76. The van der Waals surface area contributed by atoms with E-state index in [-0.39, 0.29) is 11.4 Å². The molecule has 1 heterocycles. The summed E-state index contributed by atoms with van der Waals surface area (Å²) in [5, 5.41) is 17.0. The Balaban J connectivity index is 1.80. The van der Waals surface area contributed by atoms with Crippen molar-refractivity contribution in [1.29, 1.82) is 0 Å². The molecule has 130 valence electrons. The van der Waals surface area contributed by atoms with Gasteiger partial charge in [-0.05, 0) is 55.6 Å². The van der Waals surface area contributed by atoms with E-state index in [9.17, 15) is 14.9 Å². The highest BCUT2D eigenvalue weighted by molar-refractivity contribution is 5.73. The van der Waals surface area contributed by atoms with Crippen LogP contribution in [-0.2, 0) is 4.79 Å². The summed E-state index contributed by atoms with van der Waals surface area (Å²) in [6.45, 7) is 2.04. The maximum atomic E-state index is 11.2. The molecule has 2 N–H and O–H groups in total. The summed E-state index contributed by atoms with van der Waals surface area (Å²) in [5.41, 5.74) is 1.53. The monoisotopic (exact) mass is 341 g/mol. The van der Waals surface area contributed by atoms with Gasteiger partial charge < -0.3 is 15.4 Å². The molecule has 0 spiro atoms. The standard InChI is InChI=1S/C18H19N3O4/c22-12-20-15-3-6-17(21(23)24)18(11-15)25-16-4-1-13(2-5-16)14-7-9-19-10-8-14/h1-6,11-12,14,19H,7-10H2,(H,20,22). The van der Waals surface area contributed by atoms with Crippen LogP contribution in [0.15, 0.2) is 42.5 Å². The Kier molecular flexibility index (Phi) is 5.25. The maximum absolute atomic E-state index is 11.2. The lowest BCUT2D eigenvalue weighted by atomic mass is 9.90. The number of anilines is 1. The van der Waals surface area contributed by atoms with Crippen molar-refractivity contribution < 1.29 is 14.5 Å². The van der Waals surface area contributed by atoms with E-state index in [2.05, 4.69) is 10.6 Å². The number of ether oxygens (including phenoxy) is 1. The van der Waals surface area contributed by atoms with Crippen LogP contribution in [0, 0.1) is 10.1 Å². The summed E-state index contributed by atoms with van der Waals surface area (Å²) in [5.74, 6) is 1.14. The minimum atomic E-state index is -0.510. The molecule has 0 aromatic heterocycles. The molecule has 2 aromatic carbocycles. The molecule has 0 saturated carbocycles. The molecule has 0 aliphatic carbocycles. The van der Waals surface area contributed by atoms with E-state index in [1.807, 2.05) is 24.3 Å². The van der Waals surface area contributed by atoms with Gasteiger partial charge in [0.25, 0.3) is 0 Å². The van der Waals surface area contributed by atoms with E-state index in [1.54, 1.807) is 0 Å². The lowest BCUT2D eigenvalue weighted by molar-refractivity contribution is -0.385. The molecule has 1 saturated heterocycles. The lowest BCUT2D eigenvalue weighted by Crippen LogP contribution is -2.26. The van der Waals surface area contributed by atoms with E-state index in [0.717, 1.165) is 25.9 Å². The molecule has 1 amide bonds. The number of amides is 1. The van der Waals surface area contributed by atoms with E-state index in [0.29, 0.717) is 23.8 Å². The fourth-order valence-electron chi connectivity index (χ4n) is 2.99. The van der Waals surface area contributed by atoms with Crippen LogP contribution in [-0.4, -0.2) is 24.4 Å². The molecule has 7 heteroatoms. The Hall–Kier alpha value is -2.93. The number of carbonyl (C=O) groups is 1. The minimum Gasteiger partial charge on any atom is -0.450 e. The zero-order chi connectivity index (χ0) is 17.6. The normalized spacial score (nSPS) is 14.7. The average molecular weight is 341 g/mol. The van der Waals surface area contributed by atoms with Crippen molar-refractivity contribution in [2.75, 3.05) is 18.4 Å². The second-order valence-corrected chi connectivity index (χ2v) is 5.90. The minimum absolute atomic E-state index is 0.0893. The number of nitro benzene ring substituents is 1. The Labute approximate surface area is 145 Å². The van der Waals surface area contributed by atoms with E-state index < -0.39 is 4.92 Å². The van der Waals surface area contributed by atoms with Gasteiger partial charge in [0.2, 0.25) is 12.2 Å². The van der Waals surface area contributed by atoms with Crippen molar-refractivity contribution in [3.05, 3.63) is 58.1 Å². The molecule has 0 radical (unpaired) electrons. The number of benzene rings is 2. The predicted molar refractivity (Wildman–Crippen MR) is 94.1 cm³/mol. The first-order valence-corrected chi connectivity index (χ1v) is 8.14. The van der Waals surface area contributed by atoms with Crippen LogP contribution < -0.4 is 15.4 Å². The van der Waals surface area contributed by atoms with Crippen molar-refractivity contribution >= 4 is 17.8 Å². The van der Waals surface area contributed by atoms with Crippen molar-refractivity contribution in [3.63, 3.8) is 0 Å². The number of rotatable bonds is 6. The van der Waals surface area contributed by atoms with Crippen LogP contribution in [0.25, 0.3) is 0 Å². The summed E-state index contributed by atoms with van der Waals surface area (Å²) < 4.78 is 5.69. The Morgan fingerprint density at radius 1 is 1.16 bits per heavy atom. The molecular formula is C18H19N3O4. The van der Waals surface area contributed by atoms with Crippen LogP contribution in [0.3, 0.4) is 0 Å². The van der Waals surface area contributed by atoms with Gasteiger partial charge in [-0.25, -0.2) is 0 Å². The highest BCUT2D eigenvalue weighted by Crippen LogP contribution is 2.34. The molecule has 3 rings (SSSR count). The van der Waals surface area contributed by atoms with Gasteiger partial charge in [0.1, 0.15) is 5.75 Å². The molecule has 1 aliphatic heterocycles. The maximum Gasteiger partial charge on any atom is 0.311 e. The summed E-state index contributed by atoms with van der Waals surface area (Å²) in [6.07, 6.45) is 2.72. The fraction of sp³-hybridized carbons (Fsp3) is 0.278. The van der Waals surface area contributed by atoms with E-state index >= 15 is 0 Å². The Bertz CT molecular complexity index is 755. The first-order chi connectivity index (χ1) is 12.2. The number of nitro groups is 1. The number of carbonyl (C=O) groups excluding carboxylic acids is 1. The van der Waals surface area contributed by atoms with Gasteiger partial charge in [0.05, 0.1) is 4.92 Å². The summed E-state index contributed by atoms with van der Waals surface area (Å²) in [6, 6.07) is 11.9. The van der Waals surface area contributed by atoms with Gasteiger partial charge in [-0.2, -0.15) is 0 Å². The van der Waals surface area contributed by atoms with Crippen LogP contribution >= 0.6 is 0 Å². The SMILES string of the molecule is O=CNc1ccc([N+](=O)[O-])c(Oc2ccc(C3CCNCC3)cc2)c1. The van der Waals surface area contributed by atoms with Crippen LogP contribution in [0.4, 0.5) is 11.4 Å². The van der Waals surface area contributed by atoms with Crippen molar-refractivity contribution in [1.82, 2.24) is 5.32 Å². The summed E-state index contributed by atoms with van der Waals surface area (Å²) >= 11 is 0. The predicted octanol–water partition coefficient (Wildman–Crippen LogP) is 3.42. The lowest BCUT2D eigenvalue weighted by Gasteiger charge is -2.23. The van der Waals surface area contributed by atoms with Crippen molar-refractivity contribution in [2.24, 2.45) is 0 Å². The molecule has 2 aromatic rings. The van der Waals surface area contributed by atoms with Gasteiger partial charge in [-0.15, -0.1) is 0 Å². The van der Waals surface area contributed by atoms with Crippen LogP contribution in [0.5, 0.6) is 11.5 Å². The number of hydrogen-bond acceptors (Lipinski definition) is 5. The second-order valence-electron chi connectivity index (χ2n) is 5.90. The molecule has 0 bridgehead atoms. The largest absolute Gasteiger partial charge is 0.450 e. The van der Waals surface area contributed by atoms with Gasteiger partial charge in [0.15, 0.2) is 0 Å². The van der Waals surface area contributed by atoms with Gasteiger partial charge in [0, 0.05) is 17.8 Å². The Morgan fingerprint density at radius 3 is 2.52 bits per heavy atom. The number of nitrogens with one attached hydrogen (secondary N) is 2. The molecule has 0 atom stereocenters. The summed E-state index contributed by atoms with van der Waals surface area (Å²) in [7, 11) is 0. The van der Waals surface area contributed by atoms with Crippen LogP contribution in [0.2, 0.25) is 0 Å². The molecule has 1 fully saturated rings. The van der Waals surface area contributed by atoms with E-state index in [1.165, 1.54) is 23.8 Å². The Morgan fingerprint density at radius 2 is 1.88 bits per heavy atom. The molecule has 0 unspecified atom stereocenters. The third-order valence-electron chi connectivity index (χ3n) is 4.30. The van der Waals surface area contributed by atoms with Gasteiger partial charge >= 0.3 is 5.69 Å². The van der Waals surface area contributed by atoms with Gasteiger partial charge in [-0.1, -0.05) is 12.1 Å². The number of hydrogen-bond donors (Lipinski definition) is 2. The average Bonchev–Trinajstić information content (AvgIpc) is 2.63. The topological polar surface area (TPSA) is 93.5 Å². The molecule has 25 heavy (non-hydrogen) atoms. The quantitative estimate of drug-likeness (QED) is 0.477. The fourth-order valence-corrected chi connectivity index (χ4v) is 2.99. The van der Waals surface area contributed by atoms with E-state index in [4.69, 9.17) is 4.74 Å². The highest BCUT2D eigenvalue weighted by atomic mass is 16.6. The van der Waals surface area contributed by atoms with Crippen LogP contribution in [0.1, 0.15) is 24.3 Å². The highest BCUT2D eigenvalue weighted by Gasteiger charge is 2.18. The van der Waals surface area contributed by atoms with Gasteiger partial charge in [-0.3, -0.25) is 14.9 Å². The zero-order valence-corrected chi connectivity index (χ0v) is 13.6. The first kappa shape index (κ1) is 16.9.